The smallest absolute Gasteiger partial charge is 0.0961 e. The number of nitrogens with two attached hydrogens (primary N) is 1. The lowest BCUT2D eigenvalue weighted by atomic mass is 9.97. The summed E-state index contributed by atoms with van der Waals surface area (Å²) in [6.45, 7) is 9.44. The van der Waals surface area contributed by atoms with E-state index in [1.54, 1.807) is 0 Å². The summed E-state index contributed by atoms with van der Waals surface area (Å²) in [5, 5.41) is 0. The summed E-state index contributed by atoms with van der Waals surface area (Å²) in [4.78, 5) is 6.84. The van der Waals surface area contributed by atoms with Crippen LogP contribution in [0.15, 0.2) is 4.99 Å². The normalized spacial score (nSPS) is 18.8. The molecule has 13 heavy (non-hydrogen) atoms. The first-order valence-electron chi connectivity index (χ1n) is 5.07. The Morgan fingerprint density at radius 2 is 2.23 bits per heavy atom. The summed E-state index contributed by atoms with van der Waals surface area (Å²) in [5.41, 5.74) is 5.77. The van der Waals surface area contributed by atoms with Gasteiger partial charge in [-0.25, -0.2) is 0 Å². The highest BCUT2D eigenvalue weighted by atomic mass is 15.2. The van der Waals surface area contributed by atoms with Crippen molar-refractivity contribution >= 4 is 5.84 Å². The number of nitrogens with zero attached hydrogens (tertiary/aromatic N) is 2. The van der Waals surface area contributed by atoms with Gasteiger partial charge in [0.05, 0.1) is 5.84 Å². The Labute approximate surface area is 81.0 Å². The fourth-order valence-corrected chi connectivity index (χ4v) is 1.95. The Kier molecular flexibility index (Phi) is 3.31. The van der Waals surface area contributed by atoms with Crippen LogP contribution in [0.25, 0.3) is 0 Å². The van der Waals surface area contributed by atoms with Gasteiger partial charge < -0.3 is 10.6 Å². The van der Waals surface area contributed by atoms with Crippen molar-refractivity contribution in [2.75, 3.05) is 19.6 Å². The van der Waals surface area contributed by atoms with Gasteiger partial charge in [-0.1, -0.05) is 0 Å². The Morgan fingerprint density at radius 3 is 2.77 bits per heavy atom. The van der Waals surface area contributed by atoms with E-state index in [9.17, 15) is 0 Å². The second kappa shape index (κ2) is 4.09. The highest BCUT2D eigenvalue weighted by Crippen LogP contribution is 2.21. The van der Waals surface area contributed by atoms with Crippen molar-refractivity contribution in [1.29, 1.82) is 0 Å². The molecular weight excluding hydrogens is 162 g/mol. The minimum Gasteiger partial charge on any atom is -0.355 e. The molecule has 0 atom stereocenters. The highest BCUT2D eigenvalue weighted by Gasteiger charge is 2.27. The first kappa shape index (κ1) is 10.5. The van der Waals surface area contributed by atoms with E-state index >= 15 is 0 Å². The number of rotatable bonds is 3. The molecule has 0 amide bonds. The Bertz CT molecular complexity index is 196. The average Bonchev–Trinajstić information content (AvgIpc) is 2.04. The third-order valence-electron chi connectivity index (χ3n) is 2.76. The highest BCUT2D eigenvalue weighted by molar-refractivity contribution is 5.80. The molecule has 0 aromatic rings. The molecule has 2 N–H and O–H groups in total. The van der Waals surface area contributed by atoms with Gasteiger partial charge in [-0.2, -0.15) is 0 Å². The minimum atomic E-state index is 0.169. The summed E-state index contributed by atoms with van der Waals surface area (Å²) >= 11 is 0. The molecule has 0 aromatic carbocycles. The van der Waals surface area contributed by atoms with E-state index < -0.39 is 0 Å². The maximum absolute atomic E-state index is 5.60. The van der Waals surface area contributed by atoms with Gasteiger partial charge in [-0.3, -0.25) is 4.99 Å². The number of hydrogen-bond acceptors (Lipinski definition) is 3. The first-order chi connectivity index (χ1) is 6.08. The van der Waals surface area contributed by atoms with Crippen molar-refractivity contribution in [3.63, 3.8) is 0 Å². The standard InChI is InChI=1S/C10H21N3/c1-9-12-7-4-8-13(9)10(2,3)5-6-11/h4-8,11H2,1-3H3. The van der Waals surface area contributed by atoms with Crippen LogP contribution in [0, 0.1) is 0 Å². The lowest BCUT2D eigenvalue weighted by Crippen LogP contribution is -2.50. The third kappa shape index (κ3) is 2.44. The van der Waals surface area contributed by atoms with Gasteiger partial charge >= 0.3 is 0 Å². The van der Waals surface area contributed by atoms with Gasteiger partial charge in [0.2, 0.25) is 0 Å². The summed E-state index contributed by atoms with van der Waals surface area (Å²) in [7, 11) is 0. The molecule has 0 saturated heterocycles. The first-order valence-corrected chi connectivity index (χ1v) is 5.07. The lowest BCUT2D eigenvalue weighted by molar-refractivity contribution is 0.193. The topological polar surface area (TPSA) is 41.6 Å². The van der Waals surface area contributed by atoms with E-state index in [1.165, 1.54) is 12.3 Å². The molecule has 0 radical (unpaired) electrons. The van der Waals surface area contributed by atoms with Gasteiger partial charge in [0.25, 0.3) is 0 Å². The van der Waals surface area contributed by atoms with E-state index in [0.717, 1.165) is 26.1 Å². The van der Waals surface area contributed by atoms with Crippen LogP contribution < -0.4 is 5.73 Å². The molecule has 76 valence electrons. The second-order valence-electron chi connectivity index (χ2n) is 4.29. The molecule has 0 bridgehead atoms. The Morgan fingerprint density at radius 1 is 1.54 bits per heavy atom. The molecule has 1 heterocycles. The number of amidine groups is 1. The van der Waals surface area contributed by atoms with Crippen molar-refractivity contribution < 1.29 is 0 Å². The van der Waals surface area contributed by atoms with Gasteiger partial charge in [0, 0.05) is 18.6 Å². The molecule has 0 aliphatic carbocycles. The van der Waals surface area contributed by atoms with Crippen LogP contribution in [0.4, 0.5) is 0 Å². The molecule has 3 heteroatoms. The van der Waals surface area contributed by atoms with Gasteiger partial charge in [-0.15, -0.1) is 0 Å². The fourth-order valence-electron chi connectivity index (χ4n) is 1.95. The monoisotopic (exact) mass is 183 g/mol. The Hall–Kier alpha value is -0.570. The zero-order valence-electron chi connectivity index (χ0n) is 9.01. The van der Waals surface area contributed by atoms with E-state index in [2.05, 4.69) is 30.7 Å². The quantitative estimate of drug-likeness (QED) is 0.715. The van der Waals surface area contributed by atoms with Crippen LogP contribution in [-0.2, 0) is 0 Å². The summed E-state index contributed by atoms with van der Waals surface area (Å²) in [6.07, 6.45) is 2.20. The Balaban J connectivity index is 2.68. The van der Waals surface area contributed by atoms with Crippen molar-refractivity contribution in [2.24, 2.45) is 10.7 Å². The van der Waals surface area contributed by atoms with E-state index in [0.29, 0.717) is 0 Å². The maximum atomic E-state index is 5.60. The number of hydrogen-bond donors (Lipinski definition) is 1. The third-order valence-corrected chi connectivity index (χ3v) is 2.76. The van der Waals surface area contributed by atoms with Crippen LogP contribution in [-0.4, -0.2) is 35.9 Å². The van der Waals surface area contributed by atoms with Crippen molar-refractivity contribution in [3.8, 4) is 0 Å². The van der Waals surface area contributed by atoms with E-state index in [4.69, 9.17) is 5.73 Å². The van der Waals surface area contributed by atoms with Crippen molar-refractivity contribution in [2.45, 2.75) is 39.2 Å². The molecule has 3 nitrogen and oxygen atoms in total. The molecule has 1 aliphatic heterocycles. The van der Waals surface area contributed by atoms with E-state index in [-0.39, 0.29) is 5.54 Å². The molecule has 0 aromatic heterocycles. The van der Waals surface area contributed by atoms with E-state index in [1.807, 2.05) is 0 Å². The van der Waals surface area contributed by atoms with Gasteiger partial charge in [-0.05, 0) is 40.2 Å². The zero-order valence-corrected chi connectivity index (χ0v) is 9.01. The predicted molar refractivity (Wildman–Crippen MR) is 57.0 cm³/mol. The summed E-state index contributed by atoms with van der Waals surface area (Å²) in [5.74, 6) is 1.17. The average molecular weight is 183 g/mol. The van der Waals surface area contributed by atoms with Gasteiger partial charge in [0.15, 0.2) is 0 Å². The molecule has 1 aliphatic rings. The lowest BCUT2D eigenvalue weighted by Gasteiger charge is -2.41. The van der Waals surface area contributed by atoms with Crippen LogP contribution in [0.2, 0.25) is 0 Å². The van der Waals surface area contributed by atoms with Crippen LogP contribution in [0.3, 0.4) is 0 Å². The molecule has 0 saturated carbocycles. The molecule has 1 rings (SSSR count). The minimum absolute atomic E-state index is 0.169. The second-order valence-corrected chi connectivity index (χ2v) is 4.29. The molecule has 0 unspecified atom stereocenters. The molecule has 0 spiro atoms. The summed E-state index contributed by atoms with van der Waals surface area (Å²) in [6, 6.07) is 0. The fraction of sp³-hybridized carbons (Fsp3) is 0.900. The molecule has 0 fully saturated rings. The summed E-state index contributed by atoms with van der Waals surface area (Å²) < 4.78 is 0. The van der Waals surface area contributed by atoms with Crippen molar-refractivity contribution in [1.82, 2.24) is 4.90 Å². The largest absolute Gasteiger partial charge is 0.355 e. The van der Waals surface area contributed by atoms with Crippen LogP contribution >= 0.6 is 0 Å². The van der Waals surface area contributed by atoms with Crippen LogP contribution in [0.5, 0.6) is 0 Å². The number of aliphatic imine (C=N–C) groups is 1. The zero-order chi connectivity index (χ0) is 9.90. The maximum Gasteiger partial charge on any atom is 0.0961 e. The SMILES string of the molecule is CC1=NCCCN1C(C)(C)CCN. The molecular formula is C10H21N3. The van der Waals surface area contributed by atoms with Crippen LogP contribution in [0.1, 0.15) is 33.6 Å². The van der Waals surface area contributed by atoms with Gasteiger partial charge in [0.1, 0.15) is 0 Å². The predicted octanol–water partition coefficient (Wildman–Crippen LogP) is 1.24. The van der Waals surface area contributed by atoms with Crippen molar-refractivity contribution in [3.05, 3.63) is 0 Å².